The summed E-state index contributed by atoms with van der Waals surface area (Å²) >= 11 is 0. The van der Waals surface area contributed by atoms with Crippen LogP contribution in [0.15, 0.2) is 48.5 Å². The van der Waals surface area contributed by atoms with Crippen molar-refractivity contribution in [3.05, 3.63) is 65.2 Å². The van der Waals surface area contributed by atoms with Gasteiger partial charge >= 0.3 is 5.97 Å². The zero-order valence-corrected chi connectivity index (χ0v) is 19.7. The highest BCUT2D eigenvalue weighted by Gasteiger charge is 2.28. The quantitative estimate of drug-likeness (QED) is 0.619. The lowest BCUT2D eigenvalue weighted by Gasteiger charge is -2.38. The molecule has 0 atom stereocenters. The number of anilines is 1. The summed E-state index contributed by atoms with van der Waals surface area (Å²) in [5.41, 5.74) is 2.61. The number of nitrogens with one attached hydrogen (secondary N) is 1. The van der Waals surface area contributed by atoms with Crippen molar-refractivity contribution in [3.63, 3.8) is 0 Å². The highest BCUT2D eigenvalue weighted by molar-refractivity contribution is 5.96. The first-order chi connectivity index (χ1) is 15.9. The molecule has 1 heterocycles. The summed E-state index contributed by atoms with van der Waals surface area (Å²) < 4.78 is 4.78. The minimum absolute atomic E-state index is 0.0646. The third-order valence-corrected chi connectivity index (χ3v) is 6.08. The molecule has 0 aromatic heterocycles. The van der Waals surface area contributed by atoms with E-state index in [2.05, 4.69) is 17.1 Å². The molecule has 1 aliphatic heterocycles. The Hall–Kier alpha value is -3.19. The molecule has 1 N–H and O–H groups in total. The highest BCUT2D eigenvalue weighted by atomic mass is 16.5. The molecular weight excluding hydrogens is 418 g/mol. The molecule has 2 amide bonds. The average Bonchev–Trinajstić information content (AvgIpc) is 2.85. The van der Waals surface area contributed by atoms with Gasteiger partial charge in [-0.15, -0.1) is 0 Å². The molecule has 7 heteroatoms. The number of ether oxygens (including phenoxy) is 1. The summed E-state index contributed by atoms with van der Waals surface area (Å²) in [5, 5.41) is 2.95. The number of benzene rings is 2. The first kappa shape index (κ1) is 24.5. The van der Waals surface area contributed by atoms with Gasteiger partial charge in [0.25, 0.3) is 5.91 Å². The molecule has 2 aromatic carbocycles. The van der Waals surface area contributed by atoms with Crippen LogP contribution in [0, 0.1) is 6.92 Å². The second-order valence-electron chi connectivity index (χ2n) is 8.43. The van der Waals surface area contributed by atoms with E-state index in [1.54, 1.807) is 18.2 Å². The SMILES string of the molecule is CCCN(CC(=O)Nc1cc(C(=O)OC)ccc1C)C1CCN(C(=O)c2ccccc2)CC1. The fraction of sp³-hybridized carbons (Fsp3) is 0.423. The third-order valence-electron chi connectivity index (χ3n) is 6.08. The van der Waals surface area contributed by atoms with Crippen LogP contribution < -0.4 is 5.32 Å². The van der Waals surface area contributed by atoms with Gasteiger partial charge in [0.05, 0.1) is 19.2 Å². The highest BCUT2D eigenvalue weighted by Crippen LogP contribution is 2.21. The number of aryl methyl sites for hydroxylation is 1. The second-order valence-corrected chi connectivity index (χ2v) is 8.43. The molecule has 0 radical (unpaired) electrons. The molecule has 0 spiro atoms. The van der Waals surface area contributed by atoms with E-state index in [-0.39, 0.29) is 24.4 Å². The molecule has 33 heavy (non-hydrogen) atoms. The fourth-order valence-electron chi connectivity index (χ4n) is 4.25. The van der Waals surface area contributed by atoms with Gasteiger partial charge in [-0.05, 0) is 62.6 Å². The normalized spacial score (nSPS) is 14.2. The minimum atomic E-state index is -0.435. The molecule has 1 saturated heterocycles. The van der Waals surface area contributed by atoms with Crippen molar-refractivity contribution in [2.75, 3.05) is 38.6 Å². The van der Waals surface area contributed by atoms with E-state index >= 15 is 0 Å². The topological polar surface area (TPSA) is 79.0 Å². The van der Waals surface area contributed by atoms with Crippen LogP contribution in [0.25, 0.3) is 0 Å². The van der Waals surface area contributed by atoms with E-state index in [9.17, 15) is 14.4 Å². The van der Waals surface area contributed by atoms with E-state index in [1.807, 2.05) is 42.2 Å². The van der Waals surface area contributed by atoms with Gasteiger partial charge in [0.15, 0.2) is 0 Å². The molecule has 0 unspecified atom stereocenters. The zero-order valence-electron chi connectivity index (χ0n) is 19.7. The first-order valence-corrected chi connectivity index (χ1v) is 11.5. The van der Waals surface area contributed by atoms with Crippen molar-refractivity contribution in [1.29, 1.82) is 0 Å². The van der Waals surface area contributed by atoms with E-state index in [4.69, 9.17) is 4.74 Å². The van der Waals surface area contributed by atoms with Crippen molar-refractivity contribution in [1.82, 2.24) is 9.80 Å². The molecule has 7 nitrogen and oxygen atoms in total. The molecular formula is C26H33N3O4. The van der Waals surface area contributed by atoms with E-state index in [0.717, 1.165) is 31.4 Å². The Balaban J connectivity index is 1.59. The molecule has 0 aliphatic carbocycles. The number of amides is 2. The number of likely N-dealkylation sites (tertiary alicyclic amines) is 1. The van der Waals surface area contributed by atoms with Crippen LogP contribution in [0.2, 0.25) is 0 Å². The minimum Gasteiger partial charge on any atom is -0.465 e. The Morgan fingerprint density at radius 2 is 1.76 bits per heavy atom. The van der Waals surface area contributed by atoms with Crippen molar-refractivity contribution in [3.8, 4) is 0 Å². The van der Waals surface area contributed by atoms with Crippen LogP contribution >= 0.6 is 0 Å². The van der Waals surface area contributed by atoms with Crippen molar-refractivity contribution >= 4 is 23.5 Å². The number of hydrogen-bond donors (Lipinski definition) is 1. The number of carbonyl (C=O) groups excluding carboxylic acids is 3. The van der Waals surface area contributed by atoms with Crippen LogP contribution in [-0.4, -0.2) is 66.9 Å². The number of carbonyl (C=O) groups is 3. The lowest BCUT2D eigenvalue weighted by Crippen LogP contribution is -2.49. The fourth-order valence-corrected chi connectivity index (χ4v) is 4.25. The van der Waals surface area contributed by atoms with Gasteiger partial charge in [0.1, 0.15) is 0 Å². The monoisotopic (exact) mass is 451 g/mol. The Labute approximate surface area is 195 Å². The predicted molar refractivity (Wildman–Crippen MR) is 128 cm³/mol. The van der Waals surface area contributed by atoms with Crippen LogP contribution in [-0.2, 0) is 9.53 Å². The molecule has 0 bridgehead atoms. The summed E-state index contributed by atoms with van der Waals surface area (Å²) in [4.78, 5) is 41.5. The lowest BCUT2D eigenvalue weighted by atomic mass is 10.0. The Bertz CT molecular complexity index is 969. The average molecular weight is 452 g/mol. The summed E-state index contributed by atoms with van der Waals surface area (Å²) in [6, 6.07) is 14.7. The largest absolute Gasteiger partial charge is 0.465 e. The van der Waals surface area contributed by atoms with Gasteiger partial charge in [-0.3, -0.25) is 14.5 Å². The summed E-state index contributed by atoms with van der Waals surface area (Å²) in [6.45, 7) is 6.43. The number of rotatable bonds is 8. The molecule has 2 aromatic rings. The Morgan fingerprint density at radius 3 is 2.39 bits per heavy atom. The zero-order chi connectivity index (χ0) is 23.8. The van der Waals surface area contributed by atoms with Gasteiger partial charge in [-0.1, -0.05) is 31.2 Å². The van der Waals surface area contributed by atoms with E-state index < -0.39 is 5.97 Å². The van der Waals surface area contributed by atoms with E-state index in [1.165, 1.54) is 7.11 Å². The maximum atomic E-state index is 12.9. The Morgan fingerprint density at radius 1 is 1.06 bits per heavy atom. The maximum absolute atomic E-state index is 12.9. The summed E-state index contributed by atoms with van der Waals surface area (Å²) in [6.07, 6.45) is 2.61. The summed E-state index contributed by atoms with van der Waals surface area (Å²) in [7, 11) is 1.34. The predicted octanol–water partition coefficient (Wildman–Crippen LogP) is 3.74. The van der Waals surface area contributed by atoms with Gasteiger partial charge < -0.3 is 15.0 Å². The molecule has 1 aliphatic rings. The molecule has 3 rings (SSSR count). The number of hydrogen-bond acceptors (Lipinski definition) is 5. The van der Waals surface area contributed by atoms with Crippen molar-refractivity contribution in [2.45, 2.75) is 39.2 Å². The lowest BCUT2D eigenvalue weighted by molar-refractivity contribution is -0.118. The number of methoxy groups -OCH3 is 1. The second kappa shape index (κ2) is 11.6. The van der Waals surface area contributed by atoms with Crippen LogP contribution in [0.5, 0.6) is 0 Å². The third kappa shape index (κ3) is 6.42. The van der Waals surface area contributed by atoms with Crippen molar-refractivity contribution in [2.24, 2.45) is 0 Å². The van der Waals surface area contributed by atoms with Crippen LogP contribution in [0.1, 0.15) is 52.5 Å². The van der Waals surface area contributed by atoms with E-state index in [0.29, 0.717) is 29.9 Å². The molecule has 176 valence electrons. The van der Waals surface area contributed by atoms with Crippen LogP contribution in [0.3, 0.4) is 0 Å². The summed E-state index contributed by atoms with van der Waals surface area (Å²) in [5.74, 6) is -0.485. The number of piperidine rings is 1. The van der Waals surface area contributed by atoms with Crippen molar-refractivity contribution < 1.29 is 19.1 Å². The Kier molecular flexibility index (Phi) is 8.60. The molecule has 0 saturated carbocycles. The maximum Gasteiger partial charge on any atom is 0.337 e. The molecule has 1 fully saturated rings. The van der Waals surface area contributed by atoms with Gasteiger partial charge in [-0.2, -0.15) is 0 Å². The van der Waals surface area contributed by atoms with Crippen LogP contribution in [0.4, 0.5) is 5.69 Å². The van der Waals surface area contributed by atoms with Gasteiger partial charge in [0.2, 0.25) is 5.91 Å². The number of esters is 1. The standard InChI is InChI=1S/C26H33N3O4/c1-4-14-29(18-24(30)27-23-17-21(26(32)33-3)11-10-19(23)2)22-12-15-28(16-13-22)25(31)20-8-6-5-7-9-20/h5-11,17,22H,4,12-16,18H2,1-3H3,(H,27,30). The smallest absolute Gasteiger partial charge is 0.337 e. The van der Waals surface area contributed by atoms with Gasteiger partial charge in [0, 0.05) is 30.4 Å². The number of nitrogens with zero attached hydrogens (tertiary/aromatic N) is 2. The first-order valence-electron chi connectivity index (χ1n) is 11.5. The van der Waals surface area contributed by atoms with Gasteiger partial charge in [-0.25, -0.2) is 4.79 Å².